The second-order valence-electron chi connectivity index (χ2n) is 6.46. The summed E-state index contributed by atoms with van der Waals surface area (Å²) in [5, 5.41) is 6.51. The van der Waals surface area contributed by atoms with Crippen LogP contribution in [0.15, 0.2) is 42.5 Å². The smallest absolute Gasteiger partial charge is 0.251 e. The van der Waals surface area contributed by atoms with Crippen molar-refractivity contribution in [3.63, 3.8) is 0 Å². The molecule has 2 aromatic carbocycles. The molecule has 0 unspecified atom stereocenters. The zero-order valence-electron chi connectivity index (χ0n) is 14.1. The number of carbonyl (C=O) groups is 2. The lowest BCUT2D eigenvalue weighted by Crippen LogP contribution is -2.25. The zero-order valence-corrected chi connectivity index (χ0v) is 14.9. The van der Waals surface area contributed by atoms with Crippen molar-refractivity contribution in [3.8, 4) is 0 Å². The molecule has 5 heteroatoms. The van der Waals surface area contributed by atoms with Gasteiger partial charge < -0.3 is 10.6 Å². The van der Waals surface area contributed by atoms with Gasteiger partial charge in [0.25, 0.3) is 5.91 Å². The second kappa shape index (κ2) is 7.70. The van der Waals surface area contributed by atoms with Gasteiger partial charge in [-0.1, -0.05) is 29.8 Å². The molecular weight excluding hydrogens is 336 g/mol. The lowest BCUT2D eigenvalue weighted by atomic mass is 10.1. The van der Waals surface area contributed by atoms with Crippen molar-refractivity contribution in [1.29, 1.82) is 0 Å². The highest BCUT2D eigenvalue weighted by molar-refractivity contribution is 6.31. The van der Waals surface area contributed by atoms with Gasteiger partial charge >= 0.3 is 0 Å². The van der Waals surface area contributed by atoms with Gasteiger partial charge in [-0.3, -0.25) is 9.59 Å². The predicted octanol–water partition coefficient (Wildman–Crippen LogP) is 4.11. The maximum absolute atomic E-state index is 12.2. The van der Waals surface area contributed by atoms with E-state index < -0.39 is 0 Å². The minimum absolute atomic E-state index is 0.0866. The third kappa shape index (κ3) is 5.07. The van der Waals surface area contributed by atoms with E-state index in [1.807, 2.05) is 25.1 Å². The summed E-state index contributed by atoms with van der Waals surface area (Å²) in [6.07, 6.45) is 3.07. The summed E-state index contributed by atoms with van der Waals surface area (Å²) in [5.41, 5.74) is 3.25. The Balaban J connectivity index is 1.55. The number of aryl methyl sites for hydroxylation is 2. The van der Waals surface area contributed by atoms with E-state index in [4.69, 9.17) is 11.6 Å². The average Bonchev–Trinajstić information content (AvgIpc) is 3.40. The summed E-state index contributed by atoms with van der Waals surface area (Å²) in [7, 11) is 0. The number of hydrogen-bond acceptors (Lipinski definition) is 2. The molecule has 25 heavy (non-hydrogen) atoms. The Bertz CT molecular complexity index is 800. The highest BCUT2D eigenvalue weighted by atomic mass is 35.5. The summed E-state index contributed by atoms with van der Waals surface area (Å²) < 4.78 is 0. The highest BCUT2D eigenvalue weighted by Gasteiger charge is 2.23. The topological polar surface area (TPSA) is 58.2 Å². The van der Waals surface area contributed by atoms with Crippen LogP contribution < -0.4 is 10.6 Å². The van der Waals surface area contributed by atoms with Gasteiger partial charge in [0.1, 0.15) is 0 Å². The molecule has 1 aliphatic rings. The number of benzene rings is 2. The first-order valence-corrected chi connectivity index (χ1v) is 8.85. The number of halogens is 1. The Hall–Kier alpha value is -2.33. The molecule has 0 atom stereocenters. The Morgan fingerprint density at radius 1 is 1.16 bits per heavy atom. The Morgan fingerprint density at radius 3 is 2.68 bits per heavy atom. The molecule has 1 fully saturated rings. The standard InChI is InChI=1S/C20H21ClN2O2/c1-13-5-6-14(11-18(13)21)7-10-19(24)22-17-4-2-3-15(12-17)20(25)23-16-8-9-16/h2-6,11-12,16H,7-10H2,1H3,(H,22,24)(H,23,25). The maximum atomic E-state index is 12.2. The fourth-order valence-electron chi connectivity index (χ4n) is 2.51. The van der Waals surface area contributed by atoms with Crippen LogP contribution in [0.2, 0.25) is 5.02 Å². The molecule has 130 valence electrons. The van der Waals surface area contributed by atoms with Gasteiger partial charge in [-0.05, 0) is 61.6 Å². The minimum Gasteiger partial charge on any atom is -0.349 e. The lowest BCUT2D eigenvalue weighted by Gasteiger charge is -2.08. The third-order valence-corrected chi connectivity index (χ3v) is 4.61. The molecule has 2 amide bonds. The molecule has 0 aliphatic heterocycles. The number of hydrogen-bond donors (Lipinski definition) is 2. The molecule has 3 rings (SSSR count). The monoisotopic (exact) mass is 356 g/mol. The molecule has 2 N–H and O–H groups in total. The number of carbonyl (C=O) groups excluding carboxylic acids is 2. The van der Waals surface area contributed by atoms with E-state index in [9.17, 15) is 9.59 Å². The van der Waals surface area contributed by atoms with Crippen molar-refractivity contribution < 1.29 is 9.59 Å². The molecule has 0 saturated heterocycles. The summed E-state index contributed by atoms with van der Waals surface area (Å²) in [6, 6.07) is 13.2. The van der Waals surface area contributed by atoms with Crippen LogP contribution in [0.5, 0.6) is 0 Å². The van der Waals surface area contributed by atoms with Crippen LogP contribution >= 0.6 is 11.6 Å². The fraction of sp³-hybridized carbons (Fsp3) is 0.300. The van der Waals surface area contributed by atoms with Gasteiger partial charge in [0.15, 0.2) is 0 Å². The predicted molar refractivity (Wildman–Crippen MR) is 100 cm³/mol. The molecule has 1 aliphatic carbocycles. The zero-order chi connectivity index (χ0) is 17.8. The number of nitrogens with one attached hydrogen (secondary N) is 2. The molecule has 1 saturated carbocycles. The Morgan fingerprint density at radius 2 is 1.96 bits per heavy atom. The Labute approximate surface area is 152 Å². The normalized spacial score (nSPS) is 13.4. The molecule has 0 aromatic heterocycles. The van der Waals surface area contributed by atoms with Crippen LogP contribution in [-0.4, -0.2) is 17.9 Å². The van der Waals surface area contributed by atoms with Crippen LogP contribution in [-0.2, 0) is 11.2 Å². The summed E-state index contributed by atoms with van der Waals surface area (Å²) in [4.78, 5) is 24.2. The van der Waals surface area contributed by atoms with E-state index >= 15 is 0 Å². The number of amides is 2. The van der Waals surface area contributed by atoms with Crippen molar-refractivity contribution in [2.75, 3.05) is 5.32 Å². The van der Waals surface area contributed by atoms with Gasteiger partial charge in [-0.15, -0.1) is 0 Å². The van der Waals surface area contributed by atoms with E-state index in [2.05, 4.69) is 10.6 Å². The van der Waals surface area contributed by atoms with E-state index in [1.54, 1.807) is 24.3 Å². The van der Waals surface area contributed by atoms with Crippen LogP contribution in [0, 0.1) is 6.92 Å². The van der Waals surface area contributed by atoms with Gasteiger partial charge in [-0.25, -0.2) is 0 Å². The molecule has 4 nitrogen and oxygen atoms in total. The van der Waals surface area contributed by atoms with E-state index in [-0.39, 0.29) is 11.8 Å². The van der Waals surface area contributed by atoms with Crippen LogP contribution in [0.3, 0.4) is 0 Å². The Kier molecular flexibility index (Phi) is 5.39. The van der Waals surface area contributed by atoms with E-state index in [0.29, 0.717) is 35.2 Å². The fourth-order valence-corrected chi connectivity index (χ4v) is 2.71. The first-order valence-electron chi connectivity index (χ1n) is 8.47. The van der Waals surface area contributed by atoms with Crippen molar-refractivity contribution >= 4 is 29.1 Å². The lowest BCUT2D eigenvalue weighted by molar-refractivity contribution is -0.116. The molecule has 0 spiro atoms. The summed E-state index contributed by atoms with van der Waals surface area (Å²) in [5.74, 6) is -0.177. The minimum atomic E-state index is -0.0899. The van der Waals surface area contributed by atoms with Crippen LogP contribution in [0.25, 0.3) is 0 Å². The largest absolute Gasteiger partial charge is 0.349 e. The van der Waals surface area contributed by atoms with Crippen molar-refractivity contribution in [3.05, 3.63) is 64.2 Å². The second-order valence-corrected chi connectivity index (χ2v) is 6.87. The van der Waals surface area contributed by atoms with Gasteiger partial charge in [0, 0.05) is 28.7 Å². The van der Waals surface area contributed by atoms with Crippen LogP contribution in [0.1, 0.15) is 40.7 Å². The van der Waals surface area contributed by atoms with Gasteiger partial charge in [0.05, 0.1) is 0 Å². The molecule has 0 bridgehead atoms. The molecular formula is C20H21ClN2O2. The van der Waals surface area contributed by atoms with Crippen LogP contribution in [0.4, 0.5) is 5.69 Å². The van der Waals surface area contributed by atoms with Gasteiger partial charge in [-0.2, -0.15) is 0 Å². The summed E-state index contributed by atoms with van der Waals surface area (Å²) in [6.45, 7) is 1.95. The molecule has 2 aromatic rings. The third-order valence-electron chi connectivity index (χ3n) is 4.20. The first-order chi connectivity index (χ1) is 12.0. The number of rotatable bonds is 6. The van der Waals surface area contributed by atoms with Crippen molar-refractivity contribution in [2.24, 2.45) is 0 Å². The van der Waals surface area contributed by atoms with Crippen molar-refractivity contribution in [1.82, 2.24) is 5.32 Å². The SMILES string of the molecule is Cc1ccc(CCC(=O)Nc2cccc(C(=O)NC3CC3)c2)cc1Cl. The summed E-state index contributed by atoms with van der Waals surface area (Å²) >= 11 is 6.11. The average molecular weight is 357 g/mol. The maximum Gasteiger partial charge on any atom is 0.251 e. The molecule has 0 radical (unpaired) electrons. The van der Waals surface area contributed by atoms with Crippen molar-refractivity contribution in [2.45, 2.75) is 38.6 Å². The molecule has 0 heterocycles. The first kappa shape index (κ1) is 17.5. The highest BCUT2D eigenvalue weighted by Crippen LogP contribution is 2.20. The van der Waals surface area contributed by atoms with E-state index in [1.165, 1.54) is 0 Å². The quantitative estimate of drug-likeness (QED) is 0.818. The van der Waals surface area contributed by atoms with Gasteiger partial charge in [0.2, 0.25) is 5.91 Å². The number of anilines is 1. The van der Waals surface area contributed by atoms with E-state index in [0.717, 1.165) is 24.0 Å².